The molecule has 4 heteroatoms. The van der Waals surface area contributed by atoms with Crippen molar-refractivity contribution in [1.82, 2.24) is 5.32 Å². The van der Waals surface area contributed by atoms with Gasteiger partial charge in [-0.05, 0) is 23.5 Å². The number of unbranched alkanes of at least 4 members (excludes halogenated alkanes) is 2. The normalized spacial score (nSPS) is 25.8. The predicted octanol–water partition coefficient (Wildman–Crippen LogP) is 4.17. The van der Waals surface area contributed by atoms with Gasteiger partial charge in [-0.15, -0.1) is 0 Å². The molecule has 2 rings (SSSR count). The van der Waals surface area contributed by atoms with E-state index in [0.717, 1.165) is 35.7 Å². The third kappa shape index (κ3) is 3.54. The lowest BCUT2D eigenvalue weighted by Crippen LogP contribution is -2.49. The molecule has 1 aliphatic rings. The number of imide groups is 1. The summed E-state index contributed by atoms with van der Waals surface area (Å²) in [7, 11) is 0. The molecule has 1 aliphatic heterocycles. The molecule has 1 aromatic carbocycles. The molecular formula is C17H22BrNO2. The molecule has 2 amide bonds. The Morgan fingerprint density at radius 2 is 2.00 bits per heavy atom. The maximum atomic E-state index is 12.5. The summed E-state index contributed by atoms with van der Waals surface area (Å²) in [5.41, 5.74) is 0.667. The number of hydrogen-bond donors (Lipinski definition) is 1. The zero-order valence-electron chi connectivity index (χ0n) is 12.6. The zero-order chi connectivity index (χ0) is 15.5. The largest absolute Gasteiger partial charge is 0.296 e. The highest BCUT2D eigenvalue weighted by molar-refractivity contribution is 9.10. The van der Waals surface area contributed by atoms with Crippen molar-refractivity contribution in [3.8, 4) is 0 Å². The third-order valence-corrected chi connectivity index (χ3v) is 5.08. The number of nitrogens with one attached hydrogen (secondary N) is 1. The fourth-order valence-electron chi connectivity index (χ4n) is 3.28. The Morgan fingerprint density at radius 1 is 1.29 bits per heavy atom. The number of hydrogen-bond acceptors (Lipinski definition) is 2. The molecule has 2 atom stereocenters. The number of amides is 2. The number of halogens is 1. The molecule has 2 unspecified atom stereocenters. The Bertz CT molecular complexity index is 543. The summed E-state index contributed by atoms with van der Waals surface area (Å²) in [5.74, 6) is -0.595. The second kappa shape index (κ2) is 6.73. The van der Waals surface area contributed by atoms with Crippen LogP contribution >= 0.6 is 15.9 Å². The molecule has 1 heterocycles. The summed E-state index contributed by atoms with van der Waals surface area (Å²) in [4.78, 5) is 24.3. The Kier molecular flexibility index (Phi) is 5.20. The predicted molar refractivity (Wildman–Crippen MR) is 86.9 cm³/mol. The van der Waals surface area contributed by atoms with E-state index in [-0.39, 0.29) is 23.1 Å². The number of carbonyl (C=O) groups excluding carboxylic acids is 2. The van der Waals surface area contributed by atoms with E-state index in [1.807, 2.05) is 24.3 Å². The van der Waals surface area contributed by atoms with E-state index in [2.05, 4.69) is 35.1 Å². The Hall–Kier alpha value is -1.16. The van der Waals surface area contributed by atoms with Crippen LogP contribution in [0.15, 0.2) is 28.7 Å². The highest BCUT2D eigenvalue weighted by Crippen LogP contribution is 2.47. The van der Waals surface area contributed by atoms with Crippen molar-refractivity contribution in [2.24, 2.45) is 5.41 Å². The van der Waals surface area contributed by atoms with E-state index in [4.69, 9.17) is 0 Å². The van der Waals surface area contributed by atoms with Crippen molar-refractivity contribution in [2.45, 2.75) is 51.9 Å². The summed E-state index contributed by atoms with van der Waals surface area (Å²) in [6.45, 7) is 4.23. The van der Waals surface area contributed by atoms with Crippen molar-refractivity contribution < 1.29 is 9.59 Å². The number of benzene rings is 1. The van der Waals surface area contributed by atoms with Crippen LogP contribution in [-0.2, 0) is 9.59 Å². The first-order valence-electron chi connectivity index (χ1n) is 7.56. The highest BCUT2D eigenvalue weighted by atomic mass is 79.9. The van der Waals surface area contributed by atoms with Crippen LogP contribution in [0.3, 0.4) is 0 Å². The van der Waals surface area contributed by atoms with Crippen molar-refractivity contribution >= 4 is 27.7 Å². The van der Waals surface area contributed by atoms with Crippen molar-refractivity contribution in [1.29, 1.82) is 0 Å². The van der Waals surface area contributed by atoms with Gasteiger partial charge in [0.15, 0.2) is 0 Å². The molecule has 1 fully saturated rings. The zero-order valence-corrected chi connectivity index (χ0v) is 14.2. The van der Waals surface area contributed by atoms with Gasteiger partial charge in [0.05, 0.1) is 5.92 Å². The summed E-state index contributed by atoms with van der Waals surface area (Å²) in [5, 5.41) is 2.50. The molecule has 1 N–H and O–H groups in total. The maximum Gasteiger partial charge on any atom is 0.234 e. The highest BCUT2D eigenvalue weighted by Gasteiger charge is 2.46. The molecule has 0 radical (unpaired) electrons. The lowest BCUT2D eigenvalue weighted by atomic mass is 9.66. The van der Waals surface area contributed by atoms with Gasteiger partial charge < -0.3 is 0 Å². The smallest absolute Gasteiger partial charge is 0.234 e. The van der Waals surface area contributed by atoms with Crippen LogP contribution in [0.2, 0.25) is 0 Å². The molecule has 1 saturated heterocycles. The number of carbonyl (C=O) groups is 2. The molecule has 21 heavy (non-hydrogen) atoms. The van der Waals surface area contributed by atoms with E-state index in [9.17, 15) is 9.59 Å². The first-order chi connectivity index (χ1) is 9.98. The molecule has 114 valence electrons. The third-order valence-electron chi connectivity index (χ3n) is 4.35. The summed E-state index contributed by atoms with van der Waals surface area (Å²) in [6, 6.07) is 7.80. The van der Waals surface area contributed by atoms with E-state index in [0.29, 0.717) is 6.42 Å². The van der Waals surface area contributed by atoms with Crippen LogP contribution in [0.4, 0.5) is 0 Å². The quantitative estimate of drug-likeness (QED) is 0.639. The van der Waals surface area contributed by atoms with Gasteiger partial charge in [0.1, 0.15) is 0 Å². The van der Waals surface area contributed by atoms with E-state index in [1.165, 1.54) is 0 Å². The molecule has 0 aliphatic carbocycles. The summed E-state index contributed by atoms with van der Waals surface area (Å²) < 4.78 is 0.932. The van der Waals surface area contributed by atoms with Crippen molar-refractivity contribution in [3.05, 3.63) is 34.3 Å². The number of piperidine rings is 1. The average Bonchev–Trinajstić information content (AvgIpc) is 2.40. The Morgan fingerprint density at radius 3 is 2.67 bits per heavy atom. The van der Waals surface area contributed by atoms with Crippen LogP contribution in [0, 0.1) is 5.41 Å². The van der Waals surface area contributed by atoms with Crippen molar-refractivity contribution in [2.75, 3.05) is 0 Å². The average molecular weight is 352 g/mol. The van der Waals surface area contributed by atoms with Crippen LogP contribution < -0.4 is 5.32 Å². The van der Waals surface area contributed by atoms with Gasteiger partial charge in [0, 0.05) is 10.9 Å². The first-order valence-corrected chi connectivity index (χ1v) is 8.35. The van der Waals surface area contributed by atoms with Gasteiger partial charge in [-0.3, -0.25) is 14.9 Å². The van der Waals surface area contributed by atoms with E-state index >= 15 is 0 Å². The number of rotatable bonds is 5. The Balaban J connectivity index is 2.35. The van der Waals surface area contributed by atoms with Gasteiger partial charge in [0.2, 0.25) is 11.8 Å². The van der Waals surface area contributed by atoms with Gasteiger partial charge in [-0.2, -0.15) is 0 Å². The maximum absolute atomic E-state index is 12.5. The lowest BCUT2D eigenvalue weighted by molar-refractivity contribution is -0.139. The summed E-state index contributed by atoms with van der Waals surface area (Å²) >= 11 is 3.54. The standard InChI is InChI=1S/C17H22BrNO2/c1-3-4-7-10-17(2)11-14(20)19-16(21)15(17)12-8-5-6-9-13(12)18/h5-6,8-9,15H,3-4,7,10-11H2,1-2H3,(H,19,20,21). The SMILES string of the molecule is CCCCCC1(C)CC(=O)NC(=O)C1c1ccccc1Br. The second-order valence-corrected chi connectivity index (χ2v) is 7.01. The first kappa shape index (κ1) is 16.2. The molecule has 1 aromatic rings. The summed E-state index contributed by atoms with van der Waals surface area (Å²) in [6.07, 6.45) is 4.62. The van der Waals surface area contributed by atoms with Crippen molar-refractivity contribution in [3.63, 3.8) is 0 Å². The Labute approximate surface area is 134 Å². The molecule has 0 aromatic heterocycles. The minimum atomic E-state index is -0.307. The van der Waals surface area contributed by atoms with E-state index < -0.39 is 0 Å². The van der Waals surface area contributed by atoms with Crippen LogP contribution in [0.25, 0.3) is 0 Å². The second-order valence-electron chi connectivity index (χ2n) is 6.15. The van der Waals surface area contributed by atoms with Gasteiger partial charge in [-0.25, -0.2) is 0 Å². The van der Waals surface area contributed by atoms with E-state index in [1.54, 1.807) is 0 Å². The minimum absolute atomic E-state index is 0.151. The van der Waals surface area contributed by atoms with Crippen LogP contribution in [0.5, 0.6) is 0 Å². The molecule has 0 spiro atoms. The lowest BCUT2D eigenvalue weighted by Gasteiger charge is -2.40. The molecule has 0 saturated carbocycles. The molecule has 3 nitrogen and oxygen atoms in total. The van der Waals surface area contributed by atoms with Gasteiger partial charge in [-0.1, -0.05) is 67.2 Å². The monoisotopic (exact) mass is 351 g/mol. The fourth-order valence-corrected chi connectivity index (χ4v) is 3.79. The van der Waals surface area contributed by atoms with Crippen LogP contribution in [-0.4, -0.2) is 11.8 Å². The van der Waals surface area contributed by atoms with Gasteiger partial charge in [0.25, 0.3) is 0 Å². The molecular weight excluding hydrogens is 330 g/mol. The fraction of sp³-hybridized carbons (Fsp3) is 0.529. The molecule has 0 bridgehead atoms. The minimum Gasteiger partial charge on any atom is -0.296 e. The van der Waals surface area contributed by atoms with Crippen LogP contribution in [0.1, 0.15) is 57.4 Å². The topological polar surface area (TPSA) is 46.2 Å². The van der Waals surface area contributed by atoms with Gasteiger partial charge >= 0.3 is 0 Å².